The molecule has 0 spiro atoms. The van der Waals surface area contributed by atoms with E-state index in [0.717, 1.165) is 6.42 Å². The number of rotatable bonds is 4. The summed E-state index contributed by atoms with van der Waals surface area (Å²) in [4.78, 5) is 11.8. The summed E-state index contributed by atoms with van der Waals surface area (Å²) in [6.45, 7) is 10.9. The molecule has 0 aromatic rings. The first-order valence-electron chi connectivity index (χ1n) is 7.09. The van der Waals surface area contributed by atoms with Gasteiger partial charge in [0.05, 0.1) is 0 Å². The lowest BCUT2D eigenvalue weighted by Crippen LogP contribution is -2.36. The van der Waals surface area contributed by atoms with Gasteiger partial charge in [0.25, 0.3) is 0 Å². The van der Waals surface area contributed by atoms with Crippen LogP contribution in [0.25, 0.3) is 0 Å². The van der Waals surface area contributed by atoms with Gasteiger partial charge in [-0.3, -0.25) is 4.79 Å². The minimum absolute atomic E-state index is 0.00949. The van der Waals surface area contributed by atoms with Crippen molar-refractivity contribution in [2.75, 3.05) is 0 Å². The molecule has 0 aliphatic heterocycles. The van der Waals surface area contributed by atoms with Crippen LogP contribution >= 0.6 is 0 Å². The minimum atomic E-state index is -0.00949. The van der Waals surface area contributed by atoms with Crippen molar-refractivity contribution in [2.24, 2.45) is 23.7 Å². The van der Waals surface area contributed by atoms with E-state index in [1.54, 1.807) is 0 Å². The fourth-order valence-electron chi connectivity index (χ4n) is 2.80. The van der Waals surface area contributed by atoms with Gasteiger partial charge in [0.2, 0.25) is 0 Å². The van der Waals surface area contributed by atoms with Crippen molar-refractivity contribution >= 4 is 5.97 Å². The van der Waals surface area contributed by atoms with E-state index in [0.29, 0.717) is 30.1 Å². The van der Waals surface area contributed by atoms with Crippen LogP contribution in [0.4, 0.5) is 0 Å². The molecule has 0 N–H and O–H groups in total. The minimum Gasteiger partial charge on any atom is -0.462 e. The van der Waals surface area contributed by atoms with Crippen LogP contribution in [-0.4, -0.2) is 12.1 Å². The molecule has 1 aliphatic carbocycles. The van der Waals surface area contributed by atoms with Gasteiger partial charge in [-0.1, -0.05) is 41.0 Å². The highest BCUT2D eigenvalue weighted by atomic mass is 16.5. The molecule has 0 amide bonds. The van der Waals surface area contributed by atoms with Gasteiger partial charge in [-0.05, 0) is 36.5 Å². The highest BCUT2D eigenvalue weighted by molar-refractivity contribution is 5.69. The van der Waals surface area contributed by atoms with Crippen LogP contribution in [0.2, 0.25) is 0 Å². The van der Waals surface area contributed by atoms with Crippen LogP contribution in [0.5, 0.6) is 0 Å². The SMILES string of the molecule is CC(C)CC(=O)O[C@@H]1C[C@H](C)CC[C@@H]1C(C)C. The molecule has 0 unspecified atom stereocenters. The Bertz CT molecular complexity index is 245. The average Bonchev–Trinajstić information content (AvgIpc) is 2.15. The Hall–Kier alpha value is -0.530. The van der Waals surface area contributed by atoms with Crippen molar-refractivity contribution in [3.8, 4) is 0 Å². The summed E-state index contributed by atoms with van der Waals surface area (Å²) in [7, 11) is 0. The van der Waals surface area contributed by atoms with E-state index in [-0.39, 0.29) is 12.1 Å². The van der Waals surface area contributed by atoms with Gasteiger partial charge >= 0.3 is 5.97 Å². The van der Waals surface area contributed by atoms with E-state index < -0.39 is 0 Å². The Morgan fingerprint density at radius 3 is 2.41 bits per heavy atom. The lowest BCUT2D eigenvalue weighted by atomic mass is 9.75. The highest BCUT2D eigenvalue weighted by Gasteiger charge is 2.33. The zero-order valence-corrected chi connectivity index (χ0v) is 12.0. The molecule has 2 nitrogen and oxygen atoms in total. The summed E-state index contributed by atoms with van der Waals surface area (Å²) in [6.07, 6.45) is 4.24. The predicted octanol–water partition coefficient (Wildman–Crippen LogP) is 4.04. The summed E-state index contributed by atoms with van der Waals surface area (Å²) in [6, 6.07) is 0. The van der Waals surface area contributed by atoms with E-state index in [1.165, 1.54) is 12.8 Å². The van der Waals surface area contributed by atoms with Gasteiger partial charge in [0, 0.05) is 6.42 Å². The maximum absolute atomic E-state index is 11.8. The molecule has 17 heavy (non-hydrogen) atoms. The largest absolute Gasteiger partial charge is 0.462 e. The third-order valence-corrected chi connectivity index (χ3v) is 3.82. The Morgan fingerprint density at radius 1 is 1.24 bits per heavy atom. The predicted molar refractivity (Wildman–Crippen MR) is 70.7 cm³/mol. The normalized spacial score (nSPS) is 29.7. The molecule has 0 radical (unpaired) electrons. The second-order valence-corrected chi connectivity index (χ2v) is 6.45. The maximum Gasteiger partial charge on any atom is 0.306 e. The topological polar surface area (TPSA) is 26.3 Å². The van der Waals surface area contributed by atoms with Gasteiger partial charge in [-0.15, -0.1) is 0 Å². The van der Waals surface area contributed by atoms with Crippen molar-refractivity contribution in [1.29, 1.82) is 0 Å². The summed E-state index contributed by atoms with van der Waals surface area (Å²) in [5.41, 5.74) is 0. The molecule has 3 atom stereocenters. The van der Waals surface area contributed by atoms with Crippen LogP contribution in [-0.2, 0) is 9.53 Å². The van der Waals surface area contributed by atoms with Crippen LogP contribution in [0, 0.1) is 23.7 Å². The summed E-state index contributed by atoms with van der Waals surface area (Å²) in [5, 5.41) is 0. The summed E-state index contributed by atoms with van der Waals surface area (Å²) < 4.78 is 5.71. The fraction of sp³-hybridized carbons (Fsp3) is 0.933. The van der Waals surface area contributed by atoms with E-state index in [2.05, 4.69) is 34.6 Å². The third-order valence-electron chi connectivity index (χ3n) is 3.82. The standard InChI is InChI=1S/C15H28O2/c1-10(2)8-15(16)17-14-9-12(5)6-7-13(14)11(3)4/h10-14H,6-9H2,1-5H3/t12-,13-,14-/m1/s1. The van der Waals surface area contributed by atoms with Crippen LogP contribution in [0.15, 0.2) is 0 Å². The van der Waals surface area contributed by atoms with Crippen molar-refractivity contribution in [3.63, 3.8) is 0 Å². The first-order chi connectivity index (χ1) is 7.90. The van der Waals surface area contributed by atoms with E-state index in [9.17, 15) is 4.79 Å². The number of hydrogen-bond donors (Lipinski definition) is 0. The first kappa shape index (κ1) is 14.5. The monoisotopic (exact) mass is 240 g/mol. The molecule has 0 bridgehead atoms. The second kappa shape index (κ2) is 6.42. The number of carbonyl (C=O) groups excluding carboxylic acids is 1. The Balaban J connectivity index is 2.54. The molecule has 0 saturated heterocycles. The fourth-order valence-corrected chi connectivity index (χ4v) is 2.80. The smallest absolute Gasteiger partial charge is 0.306 e. The molecular weight excluding hydrogens is 212 g/mol. The van der Waals surface area contributed by atoms with Crippen LogP contribution in [0.1, 0.15) is 60.3 Å². The van der Waals surface area contributed by atoms with E-state index >= 15 is 0 Å². The number of ether oxygens (including phenoxy) is 1. The molecule has 1 rings (SSSR count). The van der Waals surface area contributed by atoms with E-state index in [1.807, 2.05) is 0 Å². The van der Waals surface area contributed by atoms with E-state index in [4.69, 9.17) is 4.74 Å². The van der Waals surface area contributed by atoms with Crippen LogP contribution < -0.4 is 0 Å². The number of carbonyl (C=O) groups is 1. The number of esters is 1. The number of hydrogen-bond acceptors (Lipinski definition) is 2. The van der Waals surface area contributed by atoms with Crippen molar-refractivity contribution in [1.82, 2.24) is 0 Å². The van der Waals surface area contributed by atoms with Crippen LogP contribution in [0.3, 0.4) is 0 Å². The molecule has 0 aromatic carbocycles. The van der Waals surface area contributed by atoms with Crippen molar-refractivity contribution in [3.05, 3.63) is 0 Å². The molecule has 100 valence electrons. The molecule has 2 heteroatoms. The lowest BCUT2D eigenvalue weighted by molar-refractivity contribution is -0.156. The molecule has 0 heterocycles. The third kappa shape index (κ3) is 4.69. The summed E-state index contributed by atoms with van der Waals surface area (Å²) >= 11 is 0. The van der Waals surface area contributed by atoms with Gasteiger partial charge in [-0.2, -0.15) is 0 Å². The second-order valence-electron chi connectivity index (χ2n) is 6.45. The van der Waals surface area contributed by atoms with Gasteiger partial charge in [0.15, 0.2) is 0 Å². The zero-order chi connectivity index (χ0) is 13.0. The maximum atomic E-state index is 11.8. The Morgan fingerprint density at radius 2 is 1.88 bits per heavy atom. The lowest BCUT2D eigenvalue weighted by Gasteiger charge is -2.36. The first-order valence-corrected chi connectivity index (χ1v) is 7.09. The van der Waals surface area contributed by atoms with Gasteiger partial charge in [-0.25, -0.2) is 0 Å². The summed E-state index contributed by atoms with van der Waals surface area (Å²) in [5.74, 6) is 2.24. The van der Waals surface area contributed by atoms with Crippen molar-refractivity contribution < 1.29 is 9.53 Å². The van der Waals surface area contributed by atoms with Gasteiger partial charge < -0.3 is 4.74 Å². The Kier molecular flexibility index (Phi) is 5.48. The molecule has 1 saturated carbocycles. The molecule has 0 aromatic heterocycles. The van der Waals surface area contributed by atoms with Crippen molar-refractivity contribution in [2.45, 2.75) is 66.4 Å². The van der Waals surface area contributed by atoms with Gasteiger partial charge in [0.1, 0.15) is 6.10 Å². The average molecular weight is 240 g/mol. The quantitative estimate of drug-likeness (QED) is 0.693. The molecule has 1 fully saturated rings. The Labute approximate surface area is 106 Å². The zero-order valence-electron chi connectivity index (χ0n) is 12.0. The highest BCUT2D eigenvalue weighted by Crippen LogP contribution is 2.35. The molecule has 1 aliphatic rings. The molecular formula is C15H28O2.